The van der Waals surface area contributed by atoms with Crippen molar-refractivity contribution in [3.63, 3.8) is 0 Å². The molecular formula is C15H24FNO. The second-order valence-electron chi connectivity index (χ2n) is 5.65. The summed E-state index contributed by atoms with van der Waals surface area (Å²) in [6, 6.07) is 6.32. The zero-order valence-corrected chi connectivity index (χ0v) is 11.5. The molecule has 0 aliphatic heterocycles. The summed E-state index contributed by atoms with van der Waals surface area (Å²) < 4.78 is 12.8. The molecule has 0 saturated carbocycles. The number of nitrogens with one attached hydrogen (secondary N) is 1. The molecule has 0 heterocycles. The summed E-state index contributed by atoms with van der Waals surface area (Å²) >= 11 is 0. The summed E-state index contributed by atoms with van der Waals surface area (Å²) in [4.78, 5) is 0. The molecule has 2 N–H and O–H groups in total. The molecule has 102 valence electrons. The summed E-state index contributed by atoms with van der Waals surface area (Å²) in [6.07, 6.45) is 1.24. The van der Waals surface area contributed by atoms with Gasteiger partial charge in [-0.05, 0) is 50.0 Å². The van der Waals surface area contributed by atoms with Gasteiger partial charge in [-0.2, -0.15) is 0 Å². The van der Waals surface area contributed by atoms with Gasteiger partial charge in [-0.25, -0.2) is 4.39 Å². The van der Waals surface area contributed by atoms with Crippen molar-refractivity contribution in [2.24, 2.45) is 5.92 Å². The molecule has 1 aromatic carbocycles. The van der Waals surface area contributed by atoms with E-state index in [1.165, 1.54) is 12.1 Å². The van der Waals surface area contributed by atoms with Gasteiger partial charge in [-0.3, -0.25) is 0 Å². The van der Waals surface area contributed by atoms with Crippen LogP contribution in [0.5, 0.6) is 0 Å². The lowest BCUT2D eigenvalue weighted by Crippen LogP contribution is -2.33. The Bertz CT molecular complexity index is 346. The van der Waals surface area contributed by atoms with Crippen LogP contribution in [0.15, 0.2) is 24.3 Å². The number of aliphatic hydroxyl groups is 1. The smallest absolute Gasteiger partial charge is 0.123 e. The fourth-order valence-electron chi connectivity index (χ4n) is 1.88. The van der Waals surface area contributed by atoms with E-state index >= 15 is 0 Å². The third kappa shape index (κ3) is 6.12. The van der Waals surface area contributed by atoms with E-state index in [0.29, 0.717) is 18.8 Å². The predicted molar refractivity (Wildman–Crippen MR) is 73.1 cm³/mol. The minimum absolute atomic E-state index is 0.239. The first kappa shape index (κ1) is 15.1. The van der Waals surface area contributed by atoms with E-state index in [-0.39, 0.29) is 5.82 Å². The Hall–Kier alpha value is -0.930. The van der Waals surface area contributed by atoms with Crippen molar-refractivity contribution >= 4 is 0 Å². The van der Waals surface area contributed by atoms with Gasteiger partial charge in [-0.15, -0.1) is 0 Å². The van der Waals surface area contributed by atoms with Crippen molar-refractivity contribution in [1.82, 2.24) is 5.32 Å². The normalized spacial score (nSPS) is 14.8. The molecule has 1 unspecified atom stereocenters. The fraction of sp³-hybridized carbons (Fsp3) is 0.600. The van der Waals surface area contributed by atoms with E-state index < -0.39 is 5.60 Å². The minimum Gasteiger partial charge on any atom is -0.390 e. The molecule has 1 aromatic rings. The molecule has 0 saturated heterocycles. The highest BCUT2D eigenvalue weighted by Gasteiger charge is 2.20. The molecule has 1 rings (SSSR count). The summed E-state index contributed by atoms with van der Waals surface area (Å²) in [6.45, 7) is 7.90. The second kappa shape index (κ2) is 6.86. The van der Waals surface area contributed by atoms with E-state index in [9.17, 15) is 9.50 Å². The van der Waals surface area contributed by atoms with Crippen LogP contribution >= 0.6 is 0 Å². The van der Waals surface area contributed by atoms with Crippen molar-refractivity contribution in [3.05, 3.63) is 35.6 Å². The van der Waals surface area contributed by atoms with Crippen LogP contribution in [0.2, 0.25) is 0 Å². The maximum absolute atomic E-state index is 12.8. The zero-order chi connectivity index (χ0) is 13.6. The molecule has 2 nitrogen and oxygen atoms in total. The Morgan fingerprint density at radius 3 is 2.44 bits per heavy atom. The third-order valence-electron chi connectivity index (χ3n) is 2.89. The first-order chi connectivity index (χ1) is 8.39. The second-order valence-corrected chi connectivity index (χ2v) is 5.65. The molecule has 0 fully saturated rings. The molecule has 0 radical (unpaired) electrons. The molecule has 0 aromatic heterocycles. The molecule has 0 amide bonds. The standard InChI is InChI=1S/C15H24FNO/c1-12(2)11-17-9-8-15(3,18)10-13-4-6-14(16)7-5-13/h4-7,12,17-18H,8-11H2,1-3H3. The summed E-state index contributed by atoms with van der Waals surface area (Å²) in [5, 5.41) is 13.6. The summed E-state index contributed by atoms with van der Waals surface area (Å²) in [7, 11) is 0. The Morgan fingerprint density at radius 1 is 1.28 bits per heavy atom. The Kier molecular flexibility index (Phi) is 5.76. The van der Waals surface area contributed by atoms with Gasteiger partial charge >= 0.3 is 0 Å². The topological polar surface area (TPSA) is 32.3 Å². The Labute approximate surface area is 109 Å². The molecule has 1 atom stereocenters. The van der Waals surface area contributed by atoms with E-state index in [1.54, 1.807) is 12.1 Å². The van der Waals surface area contributed by atoms with Crippen LogP contribution in [0.25, 0.3) is 0 Å². The van der Waals surface area contributed by atoms with Crippen LogP contribution in [0.4, 0.5) is 4.39 Å². The minimum atomic E-state index is -0.748. The van der Waals surface area contributed by atoms with Crippen LogP contribution in [0.3, 0.4) is 0 Å². The molecule has 18 heavy (non-hydrogen) atoms. The van der Waals surface area contributed by atoms with Gasteiger partial charge in [0.15, 0.2) is 0 Å². The van der Waals surface area contributed by atoms with E-state index in [0.717, 1.165) is 18.7 Å². The Morgan fingerprint density at radius 2 is 1.89 bits per heavy atom. The highest BCUT2D eigenvalue weighted by atomic mass is 19.1. The van der Waals surface area contributed by atoms with E-state index in [4.69, 9.17) is 0 Å². The third-order valence-corrected chi connectivity index (χ3v) is 2.89. The van der Waals surface area contributed by atoms with Gasteiger partial charge in [0.25, 0.3) is 0 Å². The van der Waals surface area contributed by atoms with Crippen molar-refractivity contribution in [1.29, 1.82) is 0 Å². The molecule has 3 heteroatoms. The maximum Gasteiger partial charge on any atom is 0.123 e. The fourth-order valence-corrected chi connectivity index (χ4v) is 1.88. The van der Waals surface area contributed by atoms with Crippen LogP contribution < -0.4 is 5.32 Å². The van der Waals surface area contributed by atoms with Gasteiger partial charge < -0.3 is 10.4 Å². The monoisotopic (exact) mass is 253 g/mol. The number of hydrogen-bond donors (Lipinski definition) is 2. The number of rotatable bonds is 7. The highest BCUT2D eigenvalue weighted by Crippen LogP contribution is 2.16. The van der Waals surface area contributed by atoms with Crippen molar-refractivity contribution in [2.45, 2.75) is 39.2 Å². The molecule has 0 spiro atoms. The quantitative estimate of drug-likeness (QED) is 0.732. The van der Waals surface area contributed by atoms with Crippen LogP contribution in [0.1, 0.15) is 32.8 Å². The van der Waals surface area contributed by atoms with Crippen molar-refractivity contribution in [2.75, 3.05) is 13.1 Å². The lowest BCUT2D eigenvalue weighted by molar-refractivity contribution is 0.0513. The zero-order valence-electron chi connectivity index (χ0n) is 11.5. The van der Waals surface area contributed by atoms with Crippen molar-refractivity contribution < 1.29 is 9.50 Å². The van der Waals surface area contributed by atoms with Gasteiger partial charge in [-0.1, -0.05) is 26.0 Å². The number of hydrogen-bond acceptors (Lipinski definition) is 2. The highest BCUT2D eigenvalue weighted by molar-refractivity contribution is 5.17. The van der Waals surface area contributed by atoms with Crippen LogP contribution in [0, 0.1) is 11.7 Å². The lowest BCUT2D eigenvalue weighted by atomic mass is 9.93. The van der Waals surface area contributed by atoms with Gasteiger partial charge in [0, 0.05) is 6.42 Å². The summed E-state index contributed by atoms with van der Waals surface area (Å²) in [5.41, 5.74) is 0.215. The van der Waals surface area contributed by atoms with Crippen LogP contribution in [-0.4, -0.2) is 23.8 Å². The predicted octanol–water partition coefficient (Wildman–Crippen LogP) is 2.75. The largest absolute Gasteiger partial charge is 0.390 e. The number of halogens is 1. The molecule has 0 aliphatic carbocycles. The summed E-state index contributed by atoms with van der Waals surface area (Å²) in [5.74, 6) is 0.379. The van der Waals surface area contributed by atoms with Crippen molar-refractivity contribution in [3.8, 4) is 0 Å². The van der Waals surface area contributed by atoms with E-state index in [1.807, 2.05) is 6.92 Å². The molecule has 0 aliphatic rings. The molecular weight excluding hydrogens is 229 g/mol. The van der Waals surface area contributed by atoms with Crippen LogP contribution in [-0.2, 0) is 6.42 Å². The number of benzene rings is 1. The van der Waals surface area contributed by atoms with Gasteiger partial charge in [0.1, 0.15) is 5.82 Å². The first-order valence-corrected chi connectivity index (χ1v) is 6.56. The van der Waals surface area contributed by atoms with Gasteiger partial charge in [0.2, 0.25) is 0 Å². The maximum atomic E-state index is 12.8. The Balaban J connectivity index is 2.36. The molecule has 0 bridgehead atoms. The SMILES string of the molecule is CC(C)CNCCC(C)(O)Cc1ccc(F)cc1. The lowest BCUT2D eigenvalue weighted by Gasteiger charge is -2.24. The first-order valence-electron chi connectivity index (χ1n) is 6.56. The average Bonchev–Trinajstić information content (AvgIpc) is 2.27. The van der Waals surface area contributed by atoms with Gasteiger partial charge in [0.05, 0.1) is 5.60 Å². The van der Waals surface area contributed by atoms with E-state index in [2.05, 4.69) is 19.2 Å². The average molecular weight is 253 g/mol.